The van der Waals surface area contributed by atoms with Crippen LogP contribution in [0, 0.1) is 21.8 Å². The molecule has 7 heteroatoms. The zero-order valence-corrected chi connectivity index (χ0v) is 11.4. The second-order valence-corrected chi connectivity index (χ2v) is 5.40. The summed E-state index contributed by atoms with van der Waals surface area (Å²) in [6.45, 7) is 0.377. The van der Waals surface area contributed by atoms with Crippen molar-refractivity contribution < 1.29 is 14.1 Å². The Morgan fingerprint density at radius 2 is 2.25 bits per heavy atom. The summed E-state index contributed by atoms with van der Waals surface area (Å²) in [6, 6.07) is 2.90. The van der Waals surface area contributed by atoms with Crippen LogP contribution in [0.4, 0.5) is 10.1 Å². The van der Waals surface area contributed by atoms with E-state index in [-0.39, 0.29) is 16.9 Å². The van der Waals surface area contributed by atoms with Crippen molar-refractivity contribution in [1.29, 1.82) is 0 Å². The van der Waals surface area contributed by atoms with E-state index in [1.54, 1.807) is 0 Å². The minimum atomic E-state index is -0.766. The Morgan fingerprint density at radius 3 is 2.85 bits per heavy atom. The van der Waals surface area contributed by atoms with Gasteiger partial charge in [-0.3, -0.25) is 14.9 Å². The van der Waals surface area contributed by atoms with Gasteiger partial charge in [0, 0.05) is 11.9 Å². The molecule has 5 nitrogen and oxygen atoms in total. The van der Waals surface area contributed by atoms with Gasteiger partial charge in [-0.15, -0.1) is 11.6 Å². The molecule has 2 rings (SSSR count). The highest BCUT2D eigenvalue weighted by Gasteiger charge is 2.27. The average molecular weight is 301 g/mol. The fourth-order valence-electron chi connectivity index (χ4n) is 2.39. The monoisotopic (exact) mass is 300 g/mol. The molecule has 0 bridgehead atoms. The predicted octanol–water partition coefficient (Wildman–Crippen LogP) is 2.87. The zero-order chi connectivity index (χ0) is 14.7. The Morgan fingerprint density at radius 1 is 1.50 bits per heavy atom. The number of alkyl halides is 1. The van der Waals surface area contributed by atoms with Crippen molar-refractivity contribution >= 4 is 23.2 Å². The van der Waals surface area contributed by atoms with E-state index < -0.39 is 22.3 Å². The number of carbonyl (C=O) groups is 1. The van der Waals surface area contributed by atoms with Gasteiger partial charge in [-0.05, 0) is 30.9 Å². The predicted molar refractivity (Wildman–Crippen MR) is 72.4 cm³/mol. The lowest BCUT2D eigenvalue weighted by atomic mass is 10.1. The first-order chi connectivity index (χ1) is 9.49. The van der Waals surface area contributed by atoms with Crippen LogP contribution in [0.3, 0.4) is 0 Å². The highest BCUT2D eigenvalue weighted by atomic mass is 35.5. The minimum Gasteiger partial charge on any atom is -0.351 e. The van der Waals surface area contributed by atoms with Crippen LogP contribution >= 0.6 is 11.6 Å². The molecule has 0 saturated heterocycles. The molecule has 108 valence electrons. The number of nitro benzene ring substituents is 1. The van der Waals surface area contributed by atoms with Crippen LogP contribution in [0.25, 0.3) is 0 Å². The molecule has 0 radical (unpaired) electrons. The van der Waals surface area contributed by atoms with Crippen LogP contribution in [0.2, 0.25) is 0 Å². The maximum Gasteiger partial charge on any atom is 0.285 e. The molecule has 2 atom stereocenters. The van der Waals surface area contributed by atoms with Crippen LogP contribution in [-0.4, -0.2) is 22.8 Å². The fourth-order valence-corrected chi connectivity index (χ4v) is 2.76. The molecular formula is C13H14ClFN2O3. The number of amides is 1. The van der Waals surface area contributed by atoms with Gasteiger partial charge in [0.05, 0.1) is 11.0 Å². The van der Waals surface area contributed by atoms with E-state index in [1.165, 1.54) is 0 Å². The molecule has 20 heavy (non-hydrogen) atoms. The first kappa shape index (κ1) is 14.7. The molecule has 0 heterocycles. The van der Waals surface area contributed by atoms with Crippen LogP contribution < -0.4 is 5.32 Å². The number of hydrogen-bond donors (Lipinski definition) is 1. The summed E-state index contributed by atoms with van der Waals surface area (Å²) in [4.78, 5) is 22.0. The number of carbonyl (C=O) groups excluding carboxylic acids is 1. The van der Waals surface area contributed by atoms with Gasteiger partial charge in [0.25, 0.3) is 11.6 Å². The Bertz CT molecular complexity index is 538. The molecule has 0 spiro atoms. The molecule has 2 unspecified atom stereocenters. The normalized spacial score (nSPS) is 21.7. The van der Waals surface area contributed by atoms with Gasteiger partial charge in [0.15, 0.2) is 0 Å². The van der Waals surface area contributed by atoms with Gasteiger partial charge < -0.3 is 5.32 Å². The lowest BCUT2D eigenvalue weighted by molar-refractivity contribution is -0.385. The first-order valence-electron chi connectivity index (χ1n) is 6.35. The number of nitro groups is 1. The summed E-state index contributed by atoms with van der Waals surface area (Å²) in [5, 5.41) is 13.5. The third kappa shape index (κ3) is 3.25. The van der Waals surface area contributed by atoms with Gasteiger partial charge in [0.2, 0.25) is 0 Å². The zero-order valence-electron chi connectivity index (χ0n) is 10.6. The van der Waals surface area contributed by atoms with Crippen molar-refractivity contribution in [1.82, 2.24) is 5.32 Å². The molecule has 1 aliphatic carbocycles. The van der Waals surface area contributed by atoms with E-state index in [2.05, 4.69) is 5.32 Å². The van der Waals surface area contributed by atoms with Crippen LogP contribution in [-0.2, 0) is 0 Å². The van der Waals surface area contributed by atoms with Gasteiger partial charge >= 0.3 is 0 Å². The second-order valence-electron chi connectivity index (χ2n) is 4.84. The maximum absolute atomic E-state index is 13.0. The van der Waals surface area contributed by atoms with Gasteiger partial charge in [-0.25, -0.2) is 4.39 Å². The first-order valence-corrected chi connectivity index (χ1v) is 6.79. The summed E-state index contributed by atoms with van der Waals surface area (Å²) >= 11 is 6.10. The fraction of sp³-hybridized carbons (Fsp3) is 0.462. The smallest absolute Gasteiger partial charge is 0.285 e. The average Bonchev–Trinajstić information content (AvgIpc) is 2.81. The number of rotatable bonds is 4. The van der Waals surface area contributed by atoms with Crippen LogP contribution in [0.1, 0.15) is 29.6 Å². The Balaban J connectivity index is 2.07. The van der Waals surface area contributed by atoms with Crippen molar-refractivity contribution in [3.63, 3.8) is 0 Å². The van der Waals surface area contributed by atoms with Gasteiger partial charge in [-0.1, -0.05) is 6.42 Å². The van der Waals surface area contributed by atoms with Crippen LogP contribution in [0.5, 0.6) is 0 Å². The molecule has 0 aliphatic heterocycles. The van der Waals surface area contributed by atoms with Crippen molar-refractivity contribution in [2.24, 2.45) is 5.92 Å². The van der Waals surface area contributed by atoms with E-state index >= 15 is 0 Å². The van der Waals surface area contributed by atoms with Gasteiger partial charge in [0.1, 0.15) is 11.4 Å². The Kier molecular flexibility index (Phi) is 4.54. The summed E-state index contributed by atoms with van der Waals surface area (Å²) in [6.07, 6.45) is 2.87. The second kappa shape index (κ2) is 6.17. The van der Waals surface area contributed by atoms with Crippen molar-refractivity contribution in [2.75, 3.05) is 6.54 Å². The standard InChI is InChI=1S/C13H14ClFN2O3/c14-11-3-1-2-8(11)7-16-13(18)10-5-4-9(15)6-12(10)17(19)20/h4-6,8,11H,1-3,7H2,(H,16,18). The topological polar surface area (TPSA) is 72.2 Å². The van der Waals surface area contributed by atoms with E-state index in [0.717, 1.165) is 37.5 Å². The third-order valence-electron chi connectivity index (χ3n) is 3.49. The van der Waals surface area contributed by atoms with E-state index in [1.807, 2.05) is 0 Å². The molecule has 1 aromatic carbocycles. The highest BCUT2D eigenvalue weighted by Crippen LogP contribution is 2.29. The van der Waals surface area contributed by atoms with Crippen molar-refractivity contribution in [2.45, 2.75) is 24.6 Å². The molecule has 1 fully saturated rings. The number of nitrogens with one attached hydrogen (secondary N) is 1. The lowest BCUT2D eigenvalue weighted by Crippen LogP contribution is -2.31. The summed E-state index contributed by atoms with van der Waals surface area (Å²) in [7, 11) is 0. The molecule has 1 amide bonds. The van der Waals surface area contributed by atoms with E-state index in [9.17, 15) is 19.3 Å². The summed E-state index contributed by atoms with van der Waals surface area (Å²) in [5.41, 5.74) is -0.670. The number of hydrogen-bond acceptors (Lipinski definition) is 3. The number of nitrogens with zero attached hydrogens (tertiary/aromatic N) is 1. The minimum absolute atomic E-state index is 0.0264. The maximum atomic E-state index is 13.0. The number of halogens is 2. The van der Waals surface area contributed by atoms with Crippen LogP contribution in [0.15, 0.2) is 18.2 Å². The lowest BCUT2D eigenvalue weighted by Gasteiger charge is -2.14. The largest absolute Gasteiger partial charge is 0.351 e. The molecule has 0 aromatic heterocycles. The Labute approximate surface area is 120 Å². The molecule has 1 saturated carbocycles. The quantitative estimate of drug-likeness (QED) is 0.528. The summed E-state index contributed by atoms with van der Waals surface area (Å²) in [5.74, 6) is -1.14. The highest BCUT2D eigenvalue weighted by molar-refractivity contribution is 6.21. The molecule has 1 N–H and O–H groups in total. The molecule has 1 aromatic rings. The van der Waals surface area contributed by atoms with Crippen molar-refractivity contribution in [3.05, 3.63) is 39.7 Å². The SMILES string of the molecule is O=C(NCC1CCCC1Cl)c1ccc(F)cc1[N+](=O)[O-]. The van der Waals surface area contributed by atoms with Crippen molar-refractivity contribution in [3.8, 4) is 0 Å². The molecular weight excluding hydrogens is 287 g/mol. The molecule has 1 aliphatic rings. The van der Waals surface area contributed by atoms with Gasteiger partial charge in [-0.2, -0.15) is 0 Å². The summed E-state index contributed by atoms with van der Waals surface area (Å²) < 4.78 is 13.0. The number of benzene rings is 1. The Hall–Kier alpha value is -1.69. The van der Waals surface area contributed by atoms with E-state index in [4.69, 9.17) is 11.6 Å². The van der Waals surface area contributed by atoms with E-state index in [0.29, 0.717) is 6.54 Å². The third-order valence-corrected chi connectivity index (χ3v) is 4.07.